The molecule has 6 nitrogen and oxygen atoms in total. The number of aliphatic hydroxyl groups excluding tert-OH is 2. The first-order chi connectivity index (χ1) is 14.2. The summed E-state index contributed by atoms with van der Waals surface area (Å²) < 4.78 is 11.0. The highest BCUT2D eigenvalue weighted by Gasteiger charge is 2.67. The van der Waals surface area contributed by atoms with Crippen LogP contribution in [-0.4, -0.2) is 53.0 Å². The van der Waals surface area contributed by atoms with Crippen LogP contribution in [0.25, 0.3) is 0 Å². The maximum Gasteiger partial charge on any atom is 0.303 e. The number of ether oxygens (including phenoxy) is 2. The van der Waals surface area contributed by atoms with Gasteiger partial charge in [0.15, 0.2) is 17.5 Å². The monoisotopic (exact) mass is 418 g/mol. The maximum absolute atomic E-state index is 12.5. The smallest absolute Gasteiger partial charge is 0.303 e. The molecule has 0 aromatic rings. The fourth-order valence-electron chi connectivity index (χ4n) is 3.67. The van der Waals surface area contributed by atoms with E-state index in [0.717, 1.165) is 31.3 Å². The Hall–Kier alpha value is -2.02. The zero-order valence-electron chi connectivity index (χ0n) is 18.4. The summed E-state index contributed by atoms with van der Waals surface area (Å²) in [5.74, 6) is -0.639. The van der Waals surface area contributed by atoms with E-state index >= 15 is 0 Å². The average molecular weight is 419 g/mol. The van der Waals surface area contributed by atoms with Crippen LogP contribution in [0.3, 0.4) is 0 Å². The van der Waals surface area contributed by atoms with E-state index in [2.05, 4.69) is 19.1 Å². The molecule has 0 unspecified atom stereocenters. The number of hydrogen-bond acceptors (Lipinski definition) is 6. The number of rotatable bonds is 11. The summed E-state index contributed by atoms with van der Waals surface area (Å²) in [6, 6.07) is 0. The van der Waals surface area contributed by atoms with Crippen LogP contribution in [0.1, 0.15) is 59.8 Å². The second-order valence-electron chi connectivity index (χ2n) is 8.29. The number of epoxide rings is 1. The van der Waals surface area contributed by atoms with Gasteiger partial charge < -0.3 is 19.7 Å². The van der Waals surface area contributed by atoms with Gasteiger partial charge in [-0.25, -0.2) is 0 Å². The van der Waals surface area contributed by atoms with Gasteiger partial charge >= 0.3 is 5.97 Å². The fourth-order valence-corrected chi connectivity index (χ4v) is 3.67. The largest absolute Gasteiger partial charge is 0.455 e. The van der Waals surface area contributed by atoms with E-state index in [-0.39, 0.29) is 19.0 Å². The first-order valence-corrected chi connectivity index (χ1v) is 10.5. The number of fused-ring (bicyclic) bond motifs is 1. The topological polar surface area (TPSA) is 96.4 Å². The number of hydrogen-bond donors (Lipinski definition) is 2. The Balaban J connectivity index is 1.88. The number of aliphatic hydroxyl groups is 2. The van der Waals surface area contributed by atoms with Crippen molar-refractivity contribution in [3.63, 3.8) is 0 Å². The van der Waals surface area contributed by atoms with Crippen LogP contribution in [0.5, 0.6) is 0 Å². The van der Waals surface area contributed by atoms with E-state index in [1.807, 2.05) is 19.9 Å². The third-order valence-electron chi connectivity index (χ3n) is 5.66. The Labute approximate surface area is 179 Å². The summed E-state index contributed by atoms with van der Waals surface area (Å²) in [6.45, 7) is 7.15. The van der Waals surface area contributed by atoms with Crippen molar-refractivity contribution < 1.29 is 29.3 Å². The van der Waals surface area contributed by atoms with Crippen molar-refractivity contribution in [2.45, 2.75) is 77.6 Å². The van der Waals surface area contributed by atoms with E-state index in [1.165, 1.54) is 24.1 Å². The van der Waals surface area contributed by atoms with Gasteiger partial charge in [-0.05, 0) is 52.5 Å². The molecule has 1 heterocycles. The molecule has 0 spiro atoms. The standard InChI is InChI=1S/C24H34O6/c1-16(8-6-10-18(3)14-25)7-5-9-17(2)11-12-24-21(28)13-20(15-26)22(23(24)30-24)29-19(4)27/h7,10-11,13,22-23,25-26H,5-6,8-9,12,14-15H2,1-4H3/b16-7+,17-11+,18-10+/t22-,23+,24-/m1/s1. The normalized spacial score (nSPS) is 26.9. The SMILES string of the molecule is CC(=O)O[C@@H]1C(CO)=CC(=O)[C@@]2(C/C=C(\C)CC/C=C(\C)CC/C=C(\C)CO)O[C@@H]12. The van der Waals surface area contributed by atoms with Crippen molar-refractivity contribution in [3.05, 3.63) is 46.6 Å². The van der Waals surface area contributed by atoms with Crippen molar-refractivity contribution in [1.82, 2.24) is 0 Å². The number of ketones is 1. The second-order valence-corrected chi connectivity index (χ2v) is 8.29. The van der Waals surface area contributed by atoms with E-state index in [0.29, 0.717) is 12.0 Å². The minimum absolute atomic E-state index is 0.111. The lowest BCUT2D eigenvalue weighted by Gasteiger charge is -2.23. The van der Waals surface area contributed by atoms with Crippen LogP contribution >= 0.6 is 0 Å². The van der Waals surface area contributed by atoms with Crippen LogP contribution in [0.2, 0.25) is 0 Å². The molecule has 166 valence electrons. The molecular formula is C24H34O6. The van der Waals surface area contributed by atoms with Crippen LogP contribution < -0.4 is 0 Å². The Morgan fingerprint density at radius 3 is 2.23 bits per heavy atom. The lowest BCUT2D eigenvalue weighted by Crippen LogP contribution is -2.40. The van der Waals surface area contributed by atoms with Crippen LogP contribution in [0.4, 0.5) is 0 Å². The third kappa shape index (κ3) is 6.24. The lowest BCUT2D eigenvalue weighted by atomic mass is 9.83. The van der Waals surface area contributed by atoms with E-state index < -0.39 is 23.8 Å². The number of esters is 1. The molecule has 2 aliphatic rings. The van der Waals surface area contributed by atoms with Crippen molar-refractivity contribution in [3.8, 4) is 0 Å². The molecule has 0 amide bonds. The van der Waals surface area contributed by atoms with Gasteiger partial charge in [0, 0.05) is 18.9 Å². The molecule has 1 fully saturated rings. The molecule has 30 heavy (non-hydrogen) atoms. The summed E-state index contributed by atoms with van der Waals surface area (Å²) in [5.41, 5.74) is 2.91. The van der Waals surface area contributed by atoms with Gasteiger partial charge in [-0.15, -0.1) is 0 Å². The van der Waals surface area contributed by atoms with Crippen LogP contribution in [0.15, 0.2) is 46.6 Å². The highest BCUT2D eigenvalue weighted by molar-refractivity contribution is 6.02. The van der Waals surface area contributed by atoms with Crippen molar-refractivity contribution in [2.75, 3.05) is 13.2 Å². The first kappa shape index (κ1) is 24.3. The zero-order valence-corrected chi connectivity index (χ0v) is 18.4. The number of carbonyl (C=O) groups excluding carboxylic acids is 2. The summed E-state index contributed by atoms with van der Waals surface area (Å²) in [5, 5.41) is 18.5. The molecular weight excluding hydrogens is 384 g/mol. The predicted octanol–water partition coefficient (Wildman–Crippen LogP) is 3.34. The van der Waals surface area contributed by atoms with E-state index in [4.69, 9.17) is 14.6 Å². The van der Waals surface area contributed by atoms with Gasteiger partial charge in [-0.2, -0.15) is 0 Å². The quantitative estimate of drug-likeness (QED) is 0.303. The molecule has 0 radical (unpaired) electrons. The van der Waals surface area contributed by atoms with Crippen molar-refractivity contribution in [2.24, 2.45) is 0 Å². The predicted molar refractivity (Wildman–Crippen MR) is 115 cm³/mol. The van der Waals surface area contributed by atoms with Crippen LogP contribution in [-0.2, 0) is 19.1 Å². The molecule has 0 saturated carbocycles. The van der Waals surface area contributed by atoms with Gasteiger partial charge in [-0.1, -0.05) is 34.9 Å². The lowest BCUT2D eigenvalue weighted by molar-refractivity contribution is -0.146. The number of allylic oxidation sites excluding steroid dienone is 4. The van der Waals surface area contributed by atoms with Gasteiger partial charge in [0.1, 0.15) is 6.10 Å². The van der Waals surface area contributed by atoms with Crippen LogP contribution in [0, 0.1) is 0 Å². The van der Waals surface area contributed by atoms with E-state index in [1.54, 1.807) is 0 Å². The minimum Gasteiger partial charge on any atom is -0.455 e. The molecule has 2 rings (SSSR count). The highest BCUT2D eigenvalue weighted by Crippen LogP contribution is 2.49. The first-order valence-electron chi connectivity index (χ1n) is 10.5. The summed E-state index contributed by atoms with van der Waals surface area (Å²) in [4.78, 5) is 23.9. The van der Waals surface area contributed by atoms with Gasteiger partial charge in [0.05, 0.1) is 13.2 Å². The minimum atomic E-state index is -0.970. The average Bonchev–Trinajstić information content (AvgIpc) is 3.44. The molecule has 1 saturated heterocycles. The Morgan fingerprint density at radius 2 is 1.67 bits per heavy atom. The van der Waals surface area contributed by atoms with Crippen molar-refractivity contribution in [1.29, 1.82) is 0 Å². The zero-order chi connectivity index (χ0) is 22.3. The third-order valence-corrected chi connectivity index (χ3v) is 5.66. The molecule has 0 aromatic heterocycles. The van der Waals surface area contributed by atoms with E-state index in [9.17, 15) is 14.7 Å². The van der Waals surface area contributed by atoms with Gasteiger partial charge in [-0.3, -0.25) is 9.59 Å². The van der Waals surface area contributed by atoms with Gasteiger partial charge in [0.25, 0.3) is 0 Å². The summed E-state index contributed by atoms with van der Waals surface area (Å²) in [7, 11) is 0. The molecule has 3 atom stereocenters. The Bertz CT molecular complexity index is 773. The fraction of sp³-hybridized carbons (Fsp3) is 0.583. The molecule has 1 aliphatic carbocycles. The van der Waals surface area contributed by atoms with Crippen molar-refractivity contribution >= 4 is 11.8 Å². The maximum atomic E-state index is 12.5. The number of carbonyl (C=O) groups is 2. The molecule has 1 aliphatic heterocycles. The molecule has 2 N–H and O–H groups in total. The summed E-state index contributed by atoms with van der Waals surface area (Å²) in [6.07, 6.45) is 10.6. The second kappa shape index (κ2) is 10.8. The Kier molecular flexibility index (Phi) is 8.77. The molecule has 6 heteroatoms. The highest BCUT2D eigenvalue weighted by atomic mass is 16.7. The van der Waals surface area contributed by atoms with Gasteiger partial charge in [0.2, 0.25) is 0 Å². The summed E-state index contributed by atoms with van der Waals surface area (Å²) >= 11 is 0. The molecule has 0 bridgehead atoms. The Morgan fingerprint density at radius 1 is 1.07 bits per heavy atom. The molecule has 0 aromatic carbocycles.